The Labute approximate surface area is 179 Å². The van der Waals surface area contributed by atoms with E-state index >= 15 is 0 Å². The van der Waals surface area contributed by atoms with Crippen LogP contribution in [0.15, 0.2) is 36.7 Å². The molecule has 0 saturated carbocycles. The Kier molecular flexibility index (Phi) is 7.08. The van der Waals surface area contributed by atoms with Crippen molar-refractivity contribution >= 4 is 39.9 Å². The molecule has 1 aliphatic rings. The summed E-state index contributed by atoms with van der Waals surface area (Å²) in [7, 11) is 5.48. The lowest BCUT2D eigenvalue weighted by Crippen LogP contribution is -2.54. The van der Waals surface area contributed by atoms with Gasteiger partial charge in [0.25, 0.3) is 5.91 Å². The molecule has 1 saturated heterocycles. The summed E-state index contributed by atoms with van der Waals surface area (Å²) in [6.07, 6.45) is 3.18. The third kappa shape index (κ3) is 4.56. The summed E-state index contributed by atoms with van der Waals surface area (Å²) in [4.78, 5) is 21.2. The number of nitrogens with zero attached hydrogens (tertiary/aromatic N) is 3. The van der Waals surface area contributed by atoms with E-state index < -0.39 is 0 Å². The zero-order valence-electron chi connectivity index (χ0n) is 16.3. The minimum absolute atomic E-state index is 0.216. The fraction of sp³-hybridized carbons (Fsp3) is 0.400. The number of ether oxygens (including phenoxy) is 2. The van der Waals surface area contributed by atoms with Crippen LogP contribution in [0.4, 0.5) is 11.4 Å². The van der Waals surface area contributed by atoms with Crippen molar-refractivity contribution in [2.24, 2.45) is 0 Å². The average molecular weight is 496 g/mol. The molecule has 3 rings (SSSR count). The Hall–Kier alpha value is -1.91. The van der Waals surface area contributed by atoms with Crippen molar-refractivity contribution in [2.45, 2.75) is 6.04 Å². The lowest BCUT2D eigenvalue weighted by molar-refractivity contribution is 0.102. The molecule has 1 aliphatic heterocycles. The van der Waals surface area contributed by atoms with Crippen LogP contribution in [0.25, 0.3) is 0 Å². The van der Waals surface area contributed by atoms with E-state index in [0.29, 0.717) is 23.6 Å². The molecule has 1 unspecified atom stereocenters. The molecular weight excluding hydrogens is 471 g/mol. The molecule has 150 valence electrons. The van der Waals surface area contributed by atoms with Gasteiger partial charge in [0.2, 0.25) is 0 Å². The van der Waals surface area contributed by atoms with Gasteiger partial charge in [-0.3, -0.25) is 9.78 Å². The second-order valence-corrected chi connectivity index (χ2v) is 7.82. The van der Waals surface area contributed by atoms with Gasteiger partial charge in [-0.25, -0.2) is 0 Å². The van der Waals surface area contributed by atoms with E-state index in [9.17, 15) is 4.79 Å². The first-order valence-corrected chi connectivity index (χ1v) is 10.1. The molecule has 2 heterocycles. The minimum Gasteiger partial charge on any atom is -0.493 e. The monoisotopic (exact) mass is 496 g/mol. The van der Waals surface area contributed by atoms with E-state index in [-0.39, 0.29) is 11.9 Å². The zero-order chi connectivity index (χ0) is 20.1. The van der Waals surface area contributed by atoms with Crippen LogP contribution in [0.1, 0.15) is 10.4 Å². The first-order valence-electron chi connectivity index (χ1n) is 9.07. The number of benzene rings is 1. The van der Waals surface area contributed by atoms with Crippen LogP contribution < -0.4 is 15.0 Å². The molecular formula is C20H25IN4O3. The quantitative estimate of drug-likeness (QED) is 0.621. The maximum atomic E-state index is 12.5. The van der Waals surface area contributed by atoms with Gasteiger partial charge in [0.05, 0.1) is 40.3 Å². The summed E-state index contributed by atoms with van der Waals surface area (Å²) in [6.45, 7) is 3.48. The number of aromatic nitrogens is 1. The average Bonchev–Trinajstić information content (AvgIpc) is 2.70. The van der Waals surface area contributed by atoms with E-state index in [0.717, 1.165) is 28.9 Å². The number of anilines is 2. The van der Waals surface area contributed by atoms with Crippen molar-refractivity contribution in [2.75, 3.05) is 57.7 Å². The van der Waals surface area contributed by atoms with Crippen molar-refractivity contribution in [1.29, 1.82) is 0 Å². The number of halogens is 1. The smallest absolute Gasteiger partial charge is 0.257 e. The van der Waals surface area contributed by atoms with E-state index in [4.69, 9.17) is 9.47 Å². The van der Waals surface area contributed by atoms with Crippen LogP contribution in [-0.2, 0) is 4.74 Å². The van der Waals surface area contributed by atoms with Gasteiger partial charge in [0.15, 0.2) is 5.75 Å². The van der Waals surface area contributed by atoms with Gasteiger partial charge in [-0.15, -0.1) is 0 Å². The van der Waals surface area contributed by atoms with Crippen LogP contribution in [0.2, 0.25) is 0 Å². The molecule has 1 fully saturated rings. The van der Waals surface area contributed by atoms with Crippen LogP contribution in [0.5, 0.6) is 5.75 Å². The maximum Gasteiger partial charge on any atom is 0.257 e. The van der Waals surface area contributed by atoms with E-state index in [1.165, 1.54) is 0 Å². The number of carbonyl (C=O) groups excluding carboxylic acids is 1. The Bertz CT molecular complexity index is 819. The fourth-order valence-electron chi connectivity index (χ4n) is 3.42. The summed E-state index contributed by atoms with van der Waals surface area (Å²) < 4.78 is 12.1. The molecule has 1 aromatic carbocycles. The molecule has 2 aromatic rings. The first kappa shape index (κ1) is 20.8. The number of methoxy groups -OCH3 is 2. The number of carbonyl (C=O) groups is 1. The molecule has 0 radical (unpaired) electrons. The molecule has 7 nitrogen and oxygen atoms in total. The van der Waals surface area contributed by atoms with Crippen molar-refractivity contribution in [3.05, 3.63) is 45.8 Å². The highest BCUT2D eigenvalue weighted by Gasteiger charge is 2.28. The SMILES string of the molecule is COCC1CN(C)CCN1c1ccc(NC(=O)c2cccnc2)c(OC)c1I. The normalized spacial score (nSPS) is 17.4. The molecule has 1 atom stereocenters. The lowest BCUT2D eigenvalue weighted by Gasteiger charge is -2.41. The van der Waals surface area contributed by atoms with Gasteiger partial charge in [0, 0.05) is 39.1 Å². The van der Waals surface area contributed by atoms with E-state index in [1.807, 2.05) is 12.1 Å². The molecule has 0 bridgehead atoms. The number of hydrogen-bond donors (Lipinski definition) is 1. The standard InChI is InChI=1S/C20H25IN4O3/c1-24-9-10-25(15(12-24)13-27-2)17-7-6-16(19(28-3)18(17)21)23-20(26)14-5-4-8-22-11-14/h4-8,11,15H,9-10,12-13H2,1-3H3,(H,23,26). The van der Waals surface area contributed by atoms with Gasteiger partial charge in [-0.1, -0.05) is 0 Å². The summed E-state index contributed by atoms with van der Waals surface area (Å²) >= 11 is 2.29. The number of piperazine rings is 1. The van der Waals surface area contributed by atoms with Gasteiger partial charge < -0.3 is 24.6 Å². The number of nitrogens with one attached hydrogen (secondary N) is 1. The largest absolute Gasteiger partial charge is 0.493 e. The molecule has 28 heavy (non-hydrogen) atoms. The first-order chi connectivity index (χ1) is 13.5. The zero-order valence-corrected chi connectivity index (χ0v) is 18.5. The third-order valence-electron chi connectivity index (χ3n) is 4.81. The van der Waals surface area contributed by atoms with Crippen molar-refractivity contribution in [3.63, 3.8) is 0 Å². The second kappa shape index (κ2) is 9.53. The Morgan fingerprint density at radius 1 is 1.32 bits per heavy atom. The molecule has 0 aliphatic carbocycles. The number of pyridine rings is 1. The molecule has 8 heteroatoms. The number of amides is 1. The Balaban J connectivity index is 1.88. The number of rotatable bonds is 6. The highest BCUT2D eigenvalue weighted by molar-refractivity contribution is 14.1. The summed E-state index contributed by atoms with van der Waals surface area (Å²) in [5, 5.41) is 2.93. The van der Waals surface area contributed by atoms with Crippen LogP contribution in [0.3, 0.4) is 0 Å². The second-order valence-electron chi connectivity index (χ2n) is 6.74. The van der Waals surface area contributed by atoms with E-state index in [1.54, 1.807) is 38.7 Å². The van der Waals surface area contributed by atoms with Gasteiger partial charge in [-0.05, 0) is 53.9 Å². The lowest BCUT2D eigenvalue weighted by atomic mass is 10.1. The van der Waals surface area contributed by atoms with Crippen LogP contribution in [0, 0.1) is 3.57 Å². The predicted octanol–water partition coefficient (Wildman–Crippen LogP) is 2.71. The molecule has 1 aromatic heterocycles. The van der Waals surface area contributed by atoms with Crippen molar-refractivity contribution in [1.82, 2.24) is 9.88 Å². The fourth-order valence-corrected chi connectivity index (χ4v) is 4.42. The van der Waals surface area contributed by atoms with Crippen molar-refractivity contribution < 1.29 is 14.3 Å². The highest BCUT2D eigenvalue weighted by atomic mass is 127. The van der Waals surface area contributed by atoms with Crippen LogP contribution in [-0.4, -0.2) is 69.3 Å². The highest BCUT2D eigenvalue weighted by Crippen LogP contribution is 2.38. The maximum absolute atomic E-state index is 12.5. The minimum atomic E-state index is -0.216. The predicted molar refractivity (Wildman–Crippen MR) is 118 cm³/mol. The van der Waals surface area contributed by atoms with Gasteiger partial charge in [0.1, 0.15) is 0 Å². The molecule has 0 spiro atoms. The van der Waals surface area contributed by atoms with E-state index in [2.05, 4.69) is 49.7 Å². The summed E-state index contributed by atoms with van der Waals surface area (Å²) in [6, 6.07) is 7.66. The molecule has 1 amide bonds. The van der Waals surface area contributed by atoms with Crippen LogP contribution >= 0.6 is 22.6 Å². The Morgan fingerprint density at radius 2 is 2.14 bits per heavy atom. The van der Waals surface area contributed by atoms with Gasteiger partial charge in [-0.2, -0.15) is 0 Å². The van der Waals surface area contributed by atoms with Crippen molar-refractivity contribution in [3.8, 4) is 5.75 Å². The summed E-state index contributed by atoms with van der Waals surface area (Å²) in [5.41, 5.74) is 2.23. The topological polar surface area (TPSA) is 66.9 Å². The van der Waals surface area contributed by atoms with Gasteiger partial charge >= 0.3 is 0 Å². The Morgan fingerprint density at radius 3 is 2.82 bits per heavy atom. The summed E-state index contributed by atoms with van der Waals surface area (Å²) in [5.74, 6) is 0.442. The molecule has 1 N–H and O–H groups in total. The number of hydrogen-bond acceptors (Lipinski definition) is 6. The third-order valence-corrected chi connectivity index (χ3v) is 5.85. The number of likely N-dealkylation sites (N-methyl/N-ethyl adjacent to an activating group) is 1.